The van der Waals surface area contributed by atoms with Crippen LogP contribution in [-0.4, -0.2) is 41.6 Å². The molecule has 3 rings (SSSR count). The minimum atomic E-state index is -0.949. The lowest BCUT2D eigenvalue weighted by atomic mass is 10.1. The van der Waals surface area contributed by atoms with Crippen molar-refractivity contribution in [2.75, 3.05) is 20.8 Å². The number of halogens is 1. The van der Waals surface area contributed by atoms with Crippen molar-refractivity contribution in [2.45, 2.75) is 6.10 Å². The van der Waals surface area contributed by atoms with Crippen LogP contribution >= 0.6 is 15.9 Å². The van der Waals surface area contributed by atoms with Gasteiger partial charge < -0.3 is 19.9 Å². The first-order valence-electron chi connectivity index (χ1n) is 8.50. The van der Waals surface area contributed by atoms with Crippen LogP contribution in [-0.2, 0) is 0 Å². The van der Waals surface area contributed by atoms with Crippen LogP contribution in [0.15, 0.2) is 59.3 Å². The number of amides is 1. The second kappa shape index (κ2) is 8.90. The Kier molecular flexibility index (Phi) is 6.33. The first kappa shape index (κ1) is 19.9. The van der Waals surface area contributed by atoms with Crippen LogP contribution in [0.3, 0.4) is 0 Å². The van der Waals surface area contributed by atoms with Gasteiger partial charge in [-0.15, -0.1) is 0 Å². The van der Waals surface area contributed by atoms with Crippen LogP contribution in [0.25, 0.3) is 5.69 Å². The van der Waals surface area contributed by atoms with Gasteiger partial charge in [0, 0.05) is 22.8 Å². The van der Waals surface area contributed by atoms with E-state index in [2.05, 4.69) is 26.3 Å². The van der Waals surface area contributed by atoms with Crippen LogP contribution in [0.2, 0.25) is 0 Å². The van der Waals surface area contributed by atoms with Crippen molar-refractivity contribution < 1.29 is 19.4 Å². The summed E-state index contributed by atoms with van der Waals surface area (Å²) in [5.74, 6) is 0.784. The highest BCUT2D eigenvalue weighted by atomic mass is 79.9. The van der Waals surface area contributed by atoms with E-state index in [1.165, 1.54) is 13.3 Å². The summed E-state index contributed by atoms with van der Waals surface area (Å²) in [5, 5.41) is 17.4. The molecule has 0 saturated heterocycles. The molecule has 7 nitrogen and oxygen atoms in total. The quantitative estimate of drug-likeness (QED) is 0.583. The number of nitrogens with zero attached hydrogens (tertiary/aromatic N) is 2. The normalized spacial score (nSPS) is 11.7. The van der Waals surface area contributed by atoms with Crippen molar-refractivity contribution in [3.8, 4) is 17.2 Å². The fraction of sp³-hybridized carbons (Fsp3) is 0.200. The van der Waals surface area contributed by atoms with Gasteiger partial charge in [0.1, 0.15) is 17.6 Å². The molecule has 0 aliphatic carbocycles. The predicted molar refractivity (Wildman–Crippen MR) is 108 cm³/mol. The molecule has 2 N–H and O–H groups in total. The fourth-order valence-corrected chi connectivity index (χ4v) is 2.94. The molecule has 0 bridgehead atoms. The molecule has 0 saturated carbocycles. The Labute approximate surface area is 171 Å². The maximum absolute atomic E-state index is 12.4. The molecule has 1 unspecified atom stereocenters. The van der Waals surface area contributed by atoms with Crippen LogP contribution in [0, 0.1) is 0 Å². The van der Waals surface area contributed by atoms with E-state index in [1.54, 1.807) is 36.2 Å². The van der Waals surface area contributed by atoms with Gasteiger partial charge in [-0.25, -0.2) is 4.68 Å². The summed E-state index contributed by atoms with van der Waals surface area (Å²) in [6.45, 7) is 0.0197. The van der Waals surface area contributed by atoms with E-state index in [1.807, 2.05) is 24.3 Å². The van der Waals surface area contributed by atoms with Crippen LogP contribution in [0.5, 0.6) is 11.5 Å². The molecule has 1 amide bonds. The Bertz CT molecular complexity index is 956. The largest absolute Gasteiger partial charge is 0.497 e. The topological polar surface area (TPSA) is 85.6 Å². The van der Waals surface area contributed by atoms with Crippen LogP contribution < -0.4 is 14.8 Å². The number of hydrogen-bond donors (Lipinski definition) is 2. The molecule has 0 aliphatic heterocycles. The van der Waals surface area contributed by atoms with Crippen molar-refractivity contribution in [1.82, 2.24) is 15.1 Å². The Morgan fingerprint density at radius 1 is 1.21 bits per heavy atom. The number of rotatable bonds is 7. The Balaban J connectivity index is 1.67. The summed E-state index contributed by atoms with van der Waals surface area (Å²) in [5.41, 5.74) is 1.77. The zero-order valence-electron chi connectivity index (χ0n) is 15.4. The van der Waals surface area contributed by atoms with Gasteiger partial charge in [0.25, 0.3) is 5.91 Å². The number of hydrogen-bond acceptors (Lipinski definition) is 5. The summed E-state index contributed by atoms with van der Waals surface area (Å²) in [7, 11) is 3.07. The maximum atomic E-state index is 12.4. The molecule has 0 fully saturated rings. The van der Waals surface area contributed by atoms with Crippen LogP contribution in [0.1, 0.15) is 22.0 Å². The van der Waals surface area contributed by atoms with E-state index in [-0.39, 0.29) is 12.5 Å². The highest BCUT2D eigenvalue weighted by Crippen LogP contribution is 2.29. The SMILES string of the molecule is COc1ccc(OC)c(C(O)CNC(=O)c2cnn(-c3ccc(Br)cc3)c2)c1. The minimum Gasteiger partial charge on any atom is -0.497 e. The van der Waals surface area contributed by atoms with Crippen molar-refractivity contribution >= 4 is 21.8 Å². The minimum absolute atomic E-state index is 0.0197. The van der Waals surface area contributed by atoms with Crippen molar-refractivity contribution in [1.29, 1.82) is 0 Å². The Hall–Kier alpha value is -2.84. The number of carbonyl (C=O) groups is 1. The molecule has 0 spiro atoms. The van der Waals surface area contributed by atoms with Gasteiger partial charge in [-0.1, -0.05) is 15.9 Å². The molecule has 0 aliphatic rings. The predicted octanol–water partition coefficient (Wildman–Crippen LogP) is 3.12. The second-order valence-electron chi connectivity index (χ2n) is 5.98. The summed E-state index contributed by atoms with van der Waals surface area (Å²) in [4.78, 5) is 12.4. The standard InChI is InChI=1S/C20H20BrN3O4/c1-27-16-7-8-19(28-2)17(9-16)18(25)11-22-20(26)13-10-23-24(12-13)15-5-3-14(21)4-6-15/h3-10,12,18,25H,11H2,1-2H3,(H,22,26). The van der Waals surface area contributed by atoms with Gasteiger partial charge in [0.15, 0.2) is 0 Å². The van der Waals surface area contributed by atoms with E-state index < -0.39 is 6.10 Å². The van der Waals surface area contributed by atoms with E-state index in [4.69, 9.17) is 9.47 Å². The third-order valence-corrected chi connectivity index (χ3v) is 4.72. The number of nitrogens with one attached hydrogen (secondary N) is 1. The molecule has 8 heteroatoms. The number of aliphatic hydroxyl groups excluding tert-OH is 1. The number of carbonyl (C=O) groups excluding carboxylic acids is 1. The monoisotopic (exact) mass is 445 g/mol. The smallest absolute Gasteiger partial charge is 0.254 e. The fourth-order valence-electron chi connectivity index (χ4n) is 2.68. The number of aromatic nitrogens is 2. The lowest BCUT2D eigenvalue weighted by molar-refractivity contribution is 0.0914. The van der Waals surface area contributed by atoms with Gasteiger partial charge in [0.05, 0.1) is 31.7 Å². The summed E-state index contributed by atoms with van der Waals surface area (Å²) < 4.78 is 13.0. The van der Waals surface area contributed by atoms with Crippen molar-refractivity contribution in [3.63, 3.8) is 0 Å². The number of ether oxygens (including phenoxy) is 2. The Morgan fingerprint density at radius 2 is 1.96 bits per heavy atom. The summed E-state index contributed by atoms with van der Waals surface area (Å²) in [6.07, 6.45) is 2.17. The summed E-state index contributed by atoms with van der Waals surface area (Å²) in [6, 6.07) is 12.7. The lowest BCUT2D eigenvalue weighted by Crippen LogP contribution is -2.28. The molecule has 146 valence electrons. The summed E-state index contributed by atoms with van der Waals surface area (Å²) >= 11 is 3.38. The molecular weight excluding hydrogens is 426 g/mol. The van der Waals surface area contributed by atoms with Crippen molar-refractivity contribution in [3.05, 3.63) is 70.5 Å². The number of benzene rings is 2. The van der Waals surface area contributed by atoms with Crippen molar-refractivity contribution in [2.24, 2.45) is 0 Å². The first-order valence-corrected chi connectivity index (χ1v) is 9.30. The van der Waals surface area contributed by atoms with Gasteiger partial charge in [-0.3, -0.25) is 4.79 Å². The molecule has 1 aromatic heterocycles. The van der Waals surface area contributed by atoms with E-state index >= 15 is 0 Å². The molecule has 3 aromatic rings. The second-order valence-corrected chi connectivity index (χ2v) is 6.90. The first-order chi connectivity index (χ1) is 13.5. The molecule has 1 heterocycles. The van der Waals surface area contributed by atoms with E-state index in [0.29, 0.717) is 22.6 Å². The van der Waals surface area contributed by atoms with Gasteiger partial charge in [0.2, 0.25) is 0 Å². The maximum Gasteiger partial charge on any atom is 0.254 e. The van der Waals surface area contributed by atoms with E-state index in [9.17, 15) is 9.90 Å². The molecule has 28 heavy (non-hydrogen) atoms. The molecule has 2 aromatic carbocycles. The van der Waals surface area contributed by atoms with Gasteiger partial charge in [-0.2, -0.15) is 5.10 Å². The molecule has 0 radical (unpaired) electrons. The zero-order valence-corrected chi connectivity index (χ0v) is 17.0. The van der Waals surface area contributed by atoms with Gasteiger partial charge in [-0.05, 0) is 42.5 Å². The average Bonchev–Trinajstić information content (AvgIpc) is 3.22. The molecular formula is C20H20BrN3O4. The highest BCUT2D eigenvalue weighted by Gasteiger charge is 2.17. The number of aliphatic hydroxyl groups is 1. The number of methoxy groups -OCH3 is 2. The van der Waals surface area contributed by atoms with E-state index in [0.717, 1.165) is 10.2 Å². The third kappa shape index (κ3) is 4.52. The zero-order chi connectivity index (χ0) is 20.1. The highest BCUT2D eigenvalue weighted by molar-refractivity contribution is 9.10. The molecule has 1 atom stereocenters. The average molecular weight is 446 g/mol. The third-order valence-electron chi connectivity index (χ3n) is 4.19. The lowest BCUT2D eigenvalue weighted by Gasteiger charge is -2.16. The van der Waals surface area contributed by atoms with Gasteiger partial charge >= 0.3 is 0 Å². The Morgan fingerprint density at radius 3 is 2.64 bits per heavy atom. The van der Waals surface area contributed by atoms with Crippen LogP contribution in [0.4, 0.5) is 0 Å².